The van der Waals surface area contributed by atoms with Gasteiger partial charge < -0.3 is 17.0 Å². The molecule has 1 aliphatic rings. The summed E-state index contributed by atoms with van der Waals surface area (Å²) in [5, 5.41) is 2.38. The third-order valence-corrected chi connectivity index (χ3v) is 5.43. The number of fused-ring (bicyclic) bond motifs is 1. The van der Waals surface area contributed by atoms with Crippen LogP contribution in [0.2, 0.25) is 5.02 Å². The number of hydrogen-bond donors (Lipinski definition) is 0. The molecule has 1 aromatic heterocycles. The number of carbonyl (C=O) groups excluding carboxylic acids is 1. The highest BCUT2D eigenvalue weighted by molar-refractivity contribution is 8.15. The van der Waals surface area contributed by atoms with Crippen LogP contribution in [0.1, 0.15) is 6.92 Å². The number of aliphatic imine (C=N–C) groups is 1. The minimum atomic E-state index is 0. The van der Waals surface area contributed by atoms with Crippen LogP contribution in [0.4, 0.5) is 5.13 Å². The smallest absolute Gasteiger partial charge is 0.385 e. The maximum Gasteiger partial charge on any atom is 0.385 e. The van der Waals surface area contributed by atoms with Crippen LogP contribution in [-0.2, 0) is 11.8 Å². The number of carbonyl (C=O) groups is 1. The van der Waals surface area contributed by atoms with Crippen molar-refractivity contribution in [3.63, 3.8) is 0 Å². The molecule has 3 rings (SSSR count). The van der Waals surface area contributed by atoms with Crippen LogP contribution in [0.25, 0.3) is 10.2 Å². The van der Waals surface area contributed by atoms with Crippen molar-refractivity contribution in [3.05, 3.63) is 23.2 Å². The second kappa shape index (κ2) is 6.64. The summed E-state index contributed by atoms with van der Waals surface area (Å²) < 4.78 is 3.12. The van der Waals surface area contributed by atoms with Gasteiger partial charge >= 0.3 is 5.13 Å². The van der Waals surface area contributed by atoms with Crippen LogP contribution in [0.15, 0.2) is 23.2 Å². The van der Waals surface area contributed by atoms with Crippen LogP contribution in [0.3, 0.4) is 0 Å². The Bertz CT molecular complexity index is 732. The Kier molecular flexibility index (Phi) is 5.29. The van der Waals surface area contributed by atoms with E-state index in [0.717, 1.165) is 25.5 Å². The Morgan fingerprint density at radius 3 is 2.95 bits per heavy atom. The minimum Gasteiger partial charge on any atom is -1.00 e. The van der Waals surface area contributed by atoms with Gasteiger partial charge in [-0.1, -0.05) is 11.6 Å². The number of aromatic nitrogens is 1. The van der Waals surface area contributed by atoms with Crippen LogP contribution in [0, 0.1) is 0 Å². The van der Waals surface area contributed by atoms with E-state index in [1.165, 1.54) is 11.8 Å². The van der Waals surface area contributed by atoms with Crippen molar-refractivity contribution in [2.45, 2.75) is 6.92 Å². The van der Waals surface area contributed by atoms with Crippen molar-refractivity contribution >= 4 is 61.1 Å². The van der Waals surface area contributed by atoms with Crippen molar-refractivity contribution in [1.29, 1.82) is 0 Å². The average molecular weight is 407 g/mol. The van der Waals surface area contributed by atoms with E-state index in [4.69, 9.17) is 11.6 Å². The zero-order chi connectivity index (χ0) is 14.3. The first-order valence-corrected chi connectivity index (χ1v) is 8.38. The highest BCUT2D eigenvalue weighted by atomic mass is 79.9. The number of thioether (sulfide) groups is 1. The van der Waals surface area contributed by atoms with Gasteiger partial charge in [0.25, 0.3) is 5.17 Å². The Morgan fingerprint density at radius 2 is 2.24 bits per heavy atom. The molecule has 1 aliphatic heterocycles. The lowest BCUT2D eigenvalue weighted by Crippen LogP contribution is -3.00. The first-order chi connectivity index (χ1) is 9.60. The largest absolute Gasteiger partial charge is 1.00 e. The fourth-order valence-electron chi connectivity index (χ4n) is 2.09. The molecule has 2 heterocycles. The lowest BCUT2D eigenvalue weighted by Gasteiger charge is -2.07. The first kappa shape index (κ1) is 16.7. The highest BCUT2D eigenvalue weighted by Crippen LogP contribution is 2.30. The number of amidine groups is 1. The van der Waals surface area contributed by atoms with Crippen LogP contribution in [-0.4, -0.2) is 28.3 Å². The Balaban J connectivity index is 0.00000161. The van der Waals surface area contributed by atoms with Crippen molar-refractivity contribution < 1.29 is 26.3 Å². The fraction of sp³-hybridized carbons (Fsp3) is 0.308. The molecule has 4 nitrogen and oxygen atoms in total. The van der Waals surface area contributed by atoms with Gasteiger partial charge in [0, 0.05) is 11.6 Å². The van der Waals surface area contributed by atoms with Gasteiger partial charge in [0.1, 0.15) is 5.52 Å². The average Bonchev–Trinajstić information content (AvgIpc) is 2.91. The standard InChI is InChI=1S/C13H13ClN3OS2.BrH/c1-3-17-11(18)7-19-13(17)15-12-16(2)9-5-4-8(14)6-10(9)20-12;/h4-6H,3,7H2,1-2H3;1H/q+1;/p-1. The molecule has 0 saturated carbocycles. The van der Waals surface area contributed by atoms with E-state index in [1.807, 2.05) is 36.7 Å². The quantitative estimate of drug-likeness (QED) is 0.657. The van der Waals surface area contributed by atoms with Crippen molar-refractivity contribution in [2.24, 2.45) is 12.0 Å². The number of nitrogens with zero attached hydrogens (tertiary/aromatic N) is 3. The zero-order valence-corrected chi connectivity index (χ0v) is 15.4. The van der Waals surface area contributed by atoms with E-state index in [-0.39, 0.29) is 22.9 Å². The van der Waals surface area contributed by atoms with E-state index in [1.54, 1.807) is 16.2 Å². The highest BCUT2D eigenvalue weighted by Gasteiger charge is 2.32. The molecule has 0 atom stereocenters. The number of rotatable bonds is 2. The molecule has 0 bridgehead atoms. The zero-order valence-electron chi connectivity index (χ0n) is 11.5. The van der Waals surface area contributed by atoms with E-state index < -0.39 is 0 Å². The summed E-state index contributed by atoms with van der Waals surface area (Å²) in [6, 6.07) is 5.80. The molecule has 0 aliphatic carbocycles. The Labute approximate surface area is 146 Å². The van der Waals surface area contributed by atoms with Gasteiger partial charge in [-0.3, -0.25) is 9.69 Å². The summed E-state index contributed by atoms with van der Waals surface area (Å²) in [7, 11) is 1.98. The van der Waals surface area contributed by atoms with Crippen molar-refractivity contribution in [3.8, 4) is 0 Å². The first-order valence-electron chi connectivity index (χ1n) is 6.20. The molecule has 1 aromatic carbocycles. The number of amides is 1. The number of aryl methyl sites for hydroxylation is 1. The van der Waals surface area contributed by atoms with Crippen LogP contribution >= 0.6 is 34.7 Å². The number of thiazole rings is 1. The summed E-state index contributed by atoms with van der Waals surface area (Å²) in [5.74, 6) is 0.607. The molecule has 0 unspecified atom stereocenters. The SMILES string of the molecule is CCN1C(=O)CSC1=Nc1sc2cc(Cl)ccc2[n+]1C.[Br-]. The molecule has 112 valence electrons. The summed E-state index contributed by atoms with van der Waals surface area (Å²) in [6.45, 7) is 2.62. The number of hydrogen-bond acceptors (Lipinski definition) is 4. The topological polar surface area (TPSA) is 36.6 Å². The summed E-state index contributed by atoms with van der Waals surface area (Å²) in [4.78, 5) is 18.1. The summed E-state index contributed by atoms with van der Waals surface area (Å²) in [5.41, 5.74) is 1.09. The minimum absolute atomic E-state index is 0. The molecule has 21 heavy (non-hydrogen) atoms. The van der Waals surface area contributed by atoms with Crippen LogP contribution in [0.5, 0.6) is 0 Å². The van der Waals surface area contributed by atoms with Gasteiger partial charge in [-0.25, -0.2) is 4.57 Å². The molecule has 1 saturated heterocycles. The van der Waals surface area contributed by atoms with E-state index in [9.17, 15) is 4.79 Å². The maximum absolute atomic E-state index is 11.7. The Hall–Kier alpha value is -0.630. The Morgan fingerprint density at radius 1 is 1.48 bits per heavy atom. The number of benzene rings is 1. The molecule has 2 aromatic rings. The molecular weight excluding hydrogens is 394 g/mol. The van der Waals surface area contributed by atoms with E-state index in [0.29, 0.717) is 12.3 Å². The molecule has 8 heteroatoms. The van der Waals surface area contributed by atoms with Gasteiger partial charge in [0.15, 0.2) is 0 Å². The van der Waals surface area contributed by atoms with Crippen molar-refractivity contribution in [1.82, 2.24) is 4.90 Å². The molecule has 0 N–H and O–H groups in total. The molecule has 0 radical (unpaired) electrons. The van der Waals surface area contributed by atoms with Gasteiger partial charge in [-0.2, -0.15) is 0 Å². The third kappa shape index (κ3) is 3.11. The van der Waals surface area contributed by atoms with Gasteiger partial charge in [0.2, 0.25) is 5.91 Å². The third-order valence-electron chi connectivity index (χ3n) is 3.14. The molecule has 0 spiro atoms. The van der Waals surface area contributed by atoms with Gasteiger partial charge in [0.05, 0.1) is 17.5 Å². The normalized spacial score (nSPS) is 16.8. The second-order valence-electron chi connectivity index (χ2n) is 4.38. The molecule has 1 amide bonds. The summed E-state index contributed by atoms with van der Waals surface area (Å²) >= 11 is 9.09. The predicted molar refractivity (Wildman–Crippen MR) is 85.0 cm³/mol. The van der Waals surface area contributed by atoms with E-state index >= 15 is 0 Å². The molecule has 1 fully saturated rings. The van der Waals surface area contributed by atoms with Crippen molar-refractivity contribution in [2.75, 3.05) is 12.3 Å². The van der Waals surface area contributed by atoms with E-state index in [2.05, 4.69) is 4.99 Å². The monoisotopic (exact) mass is 405 g/mol. The van der Waals surface area contributed by atoms with Gasteiger partial charge in [-0.05, 0) is 53.2 Å². The maximum atomic E-state index is 11.7. The molecular formula is C13H13BrClN3OS2. The summed E-state index contributed by atoms with van der Waals surface area (Å²) in [6.07, 6.45) is 0. The van der Waals surface area contributed by atoms with Gasteiger partial charge in [-0.15, -0.1) is 0 Å². The predicted octanol–water partition coefficient (Wildman–Crippen LogP) is -0.0340. The second-order valence-corrected chi connectivity index (χ2v) is 6.76. The van der Waals surface area contributed by atoms with Crippen LogP contribution < -0.4 is 21.5 Å². The fourth-order valence-corrected chi connectivity index (χ4v) is 4.39. The lowest BCUT2D eigenvalue weighted by molar-refractivity contribution is -0.627. The lowest BCUT2D eigenvalue weighted by atomic mass is 10.3. The number of halogens is 2.